The Hall–Kier alpha value is -0.820. The lowest BCUT2D eigenvalue weighted by molar-refractivity contribution is 0.356. The molecule has 0 heterocycles. The molecule has 1 fully saturated rings. The molecule has 1 N–H and O–H groups in total. The number of nitrogens with one attached hydrogen (secondary N) is 1. The van der Waals surface area contributed by atoms with Crippen molar-refractivity contribution < 1.29 is 0 Å². The maximum absolute atomic E-state index is 3.75. The van der Waals surface area contributed by atoms with Crippen molar-refractivity contribution in [3.63, 3.8) is 0 Å². The third-order valence-corrected chi connectivity index (χ3v) is 4.39. The first-order valence-electron chi connectivity index (χ1n) is 8.18. The first-order chi connectivity index (χ1) is 9.40. The van der Waals surface area contributed by atoms with Crippen LogP contribution in [0.25, 0.3) is 0 Å². The summed E-state index contributed by atoms with van der Waals surface area (Å²) in [5, 5.41) is 3.75. The minimum absolute atomic E-state index is 0.559. The molecule has 1 aromatic rings. The van der Waals surface area contributed by atoms with Crippen molar-refractivity contribution in [2.75, 3.05) is 6.54 Å². The van der Waals surface area contributed by atoms with Gasteiger partial charge in [0.05, 0.1) is 0 Å². The van der Waals surface area contributed by atoms with Crippen LogP contribution < -0.4 is 5.32 Å². The van der Waals surface area contributed by atoms with E-state index in [2.05, 4.69) is 42.6 Å². The van der Waals surface area contributed by atoms with Gasteiger partial charge in [-0.3, -0.25) is 0 Å². The first-order valence-corrected chi connectivity index (χ1v) is 8.18. The highest BCUT2D eigenvalue weighted by Crippen LogP contribution is 2.31. The van der Waals surface area contributed by atoms with Crippen molar-refractivity contribution >= 4 is 0 Å². The van der Waals surface area contributed by atoms with Crippen LogP contribution in [0.3, 0.4) is 0 Å². The van der Waals surface area contributed by atoms with E-state index in [1.165, 1.54) is 56.9 Å². The zero-order valence-corrected chi connectivity index (χ0v) is 12.4. The van der Waals surface area contributed by atoms with E-state index in [1.807, 2.05) is 0 Å². The van der Waals surface area contributed by atoms with Crippen LogP contribution in [0.1, 0.15) is 69.9 Å². The summed E-state index contributed by atoms with van der Waals surface area (Å²) < 4.78 is 0. The van der Waals surface area contributed by atoms with Gasteiger partial charge in [0.2, 0.25) is 0 Å². The lowest BCUT2D eigenvalue weighted by atomic mass is 9.89. The molecule has 19 heavy (non-hydrogen) atoms. The molecule has 1 nitrogen and oxygen atoms in total. The van der Waals surface area contributed by atoms with Gasteiger partial charge in [-0.05, 0) is 30.9 Å². The lowest BCUT2D eigenvalue weighted by Crippen LogP contribution is -2.24. The maximum Gasteiger partial charge on any atom is 0.0322 e. The van der Waals surface area contributed by atoms with Crippen molar-refractivity contribution in [3.8, 4) is 0 Å². The predicted molar refractivity (Wildman–Crippen MR) is 83.3 cm³/mol. The molecule has 106 valence electrons. The van der Waals surface area contributed by atoms with E-state index in [0.717, 1.165) is 12.5 Å². The zero-order valence-electron chi connectivity index (χ0n) is 12.4. The van der Waals surface area contributed by atoms with Gasteiger partial charge in [0.15, 0.2) is 0 Å². The number of rotatable bonds is 6. The van der Waals surface area contributed by atoms with E-state index >= 15 is 0 Å². The fraction of sp³-hybridized carbons (Fsp3) is 0.667. The fourth-order valence-electron chi connectivity index (χ4n) is 3.27. The van der Waals surface area contributed by atoms with Gasteiger partial charge in [-0.1, -0.05) is 75.8 Å². The van der Waals surface area contributed by atoms with Gasteiger partial charge < -0.3 is 5.32 Å². The minimum atomic E-state index is 0.559. The van der Waals surface area contributed by atoms with Crippen LogP contribution >= 0.6 is 0 Å². The smallest absolute Gasteiger partial charge is 0.0322 e. The molecule has 0 saturated heterocycles. The number of hydrogen-bond acceptors (Lipinski definition) is 1. The summed E-state index contributed by atoms with van der Waals surface area (Å²) in [4.78, 5) is 0. The van der Waals surface area contributed by atoms with Gasteiger partial charge >= 0.3 is 0 Å². The van der Waals surface area contributed by atoms with Gasteiger partial charge in [-0.15, -0.1) is 0 Å². The summed E-state index contributed by atoms with van der Waals surface area (Å²) in [6.45, 7) is 3.38. The first kappa shape index (κ1) is 14.6. The molecule has 1 atom stereocenters. The van der Waals surface area contributed by atoms with Crippen molar-refractivity contribution in [2.45, 2.75) is 64.3 Å². The predicted octanol–water partition coefficient (Wildman–Crippen LogP) is 5.09. The summed E-state index contributed by atoms with van der Waals surface area (Å²) in [6, 6.07) is 11.6. The van der Waals surface area contributed by atoms with Crippen LogP contribution in [0.15, 0.2) is 30.3 Å². The standard InChI is InChI=1S/C18H29N/c1-2-14-19-18(17-12-8-5-9-13-17)15-16-10-6-3-4-7-11-16/h5,8-9,12-13,16,18-19H,2-4,6-7,10-11,14-15H2,1H3. The molecule has 1 aromatic carbocycles. The average molecular weight is 259 g/mol. The quantitative estimate of drug-likeness (QED) is 0.702. The van der Waals surface area contributed by atoms with E-state index in [4.69, 9.17) is 0 Å². The van der Waals surface area contributed by atoms with Gasteiger partial charge in [-0.25, -0.2) is 0 Å². The Labute approximate surface area is 118 Å². The lowest BCUT2D eigenvalue weighted by Gasteiger charge is -2.24. The summed E-state index contributed by atoms with van der Waals surface area (Å²) in [5.41, 5.74) is 1.47. The molecule has 0 spiro atoms. The Morgan fingerprint density at radius 3 is 2.37 bits per heavy atom. The second-order valence-corrected chi connectivity index (χ2v) is 6.01. The second kappa shape index (κ2) is 8.37. The molecule has 0 radical (unpaired) electrons. The molecule has 1 aliphatic rings. The largest absolute Gasteiger partial charge is 0.310 e. The molecule has 0 amide bonds. The van der Waals surface area contributed by atoms with Gasteiger partial charge in [0.1, 0.15) is 0 Å². The van der Waals surface area contributed by atoms with Crippen molar-refractivity contribution in [1.82, 2.24) is 5.32 Å². The number of hydrogen-bond donors (Lipinski definition) is 1. The molecule has 2 rings (SSSR count). The maximum atomic E-state index is 3.75. The highest BCUT2D eigenvalue weighted by Gasteiger charge is 2.18. The van der Waals surface area contributed by atoms with Crippen LogP contribution in [-0.4, -0.2) is 6.54 Å². The molecular weight excluding hydrogens is 230 g/mol. The van der Waals surface area contributed by atoms with E-state index in [-0.39, 0.29) is 0 Å². The van der Waals surface area contributed by atoms with Crippen molar-refractivity contribution in [1.29, 1.82) is 0 Å². The Balaban J connectivity index is 1.96. The normalized spacial score (nSPS) is 19.0. The van der Waals surface area contributed by atoms with Crippen LogP contribution in [0, 0.1) is 5.92 Å². The second-order valence-electron chi connectivity index (χ2n) is 6.01. The molecule has 1 unspecified atom stereocenters. The Kier molecular flexibility index (Phi) is 6.43. The molecule has 1 heteroatoms. The Morgan fingerprint density at radius 2 is 1.74 bits per heavy atom. The molecular formula is C18H29N. The van der Waals surface area contributed by atoms with Gasteiger partial charge in [0, 0.05) is 6.04 Å². The third-order valence-electron chi connectivity index (χ3n) is 4.39. The highest BCUT2D eigenvalue weighted by atomic mass is 14.9. The van der Waals surface area contributed by atoms with Crippen LogP contribution in [-0.2, 0) is 0 Å². The zero-order chi connectivity index (χ0) is 13.3. The molecule has 1 saturated carbocycles. The van der Waals surface area contributed by atoms with E-state index < -0.39 is 0 Å². The van der Waals surface area contributed by atoms with Crippen LogP contribution in [0.5, 0.6) is 0 Å². The van der Waals surface area contributed by atoms with E-state index in [9.17, 15) is 0 Å². The van der Waals surface area contributed by atoms with Crippen LogP contribution in [0.2, 0.25) is 0 Å². The van der Waals surface area contributed by atoms with Crippen molar-refractivity contribution in [2.24, 2.45) is 5.92 Å². The van der Waals surface area contributed by atoms with Crippen LogP contribution in [0.4, 0.5) is 0 Å². The monoisotopic (exact) mass is 259 g/mol. The molecule has 0 aromatic heterocycles. The summed E-state index contributed by atoms with van der Waals surface area (Å²) >= 11 is 0. The molecule has 0 aliphatic heterocycles. The molecule has 0 bridgehead atoms. The van der Waals surface area contributed by atoms with Gasteiger partial charge in [-0.2, -0.15) is 0 Å². The van der Waals surface area contributed by atoms with Crippen molar-refractivity contribution in [3.05, 3.63) is 35.9 Å². The topological polar surface area (TPSA) is 12.0 Å². The Morgan fingerprint density at radius 1 is 1.05 bits per heavy atom. The summed E-state index contributed by atoms with van der Waals surface area (Å²) in [6.07, 6.45) is 11.2. The SMILES string of the molecule is CCCNC(CC1CCCCCC1)c1ccccc1. The third kappa shape index (κ3) is 4.99. The fourth-order valence-corrected chi connectivity index (χ4v) is 3.27. The average Bonchev–Trinajstić information content (AvgIpc) is 2.73. The van der Waals surface area contributed by atoms with E-state index in [0.29, 0.717) is 6.04 Å². The Bertz CT molecular complexity index is 325. The van der Waals surface area contributed by atoms with Gasteiger partial charge in [0.25, 0.3) is 0 Å². The van der Waals surface area contributed by atoms with E-state index in [1.54, 1.807) is 0 Å². The summed E-state index contributed by atoms with van der Waals surface area (Å²) in [5.74, 6) is 0.928. The summed E-state index contributed by atoms with van der Waals surface area (Å²) in [7, 11) is 0. The number of benzene rings is 1. The molecule has 1 aliphatic carbocycles. The minimum Gasteiger partial charge on any atom is -0.310 e. The highest BCUT2D eigenvalue weighted by molar-refractivity contribution is 5.19.